The Bertz CT molecular complexity index is 1370. The highest BCUT2D eigenvalue weighted by Gasteiger charge is 2.26. The second-order valence-electron chi connectivity index (χ2n) is 12.3. The quantitative estimate of drug-likeness (QED) is 0.182. The molecular weight excluding hydrogens is 512 g/mol. The third kappa shape index (κ3) is 6.43. The third-order valence-electron chi connectivity index (χ3n) is 9.15. The average molecular weight is 559 g/mol. The van der Waals surface area contributed by atoms with Crippen LogP contribution in [0.3, 0.4) is 0 Å². The second-order valence-corrected chi connectivity index (χ2v) is 12.3. The fraction of sp³-hybridized carbons (Fsp3) is 0.400. The first-order valence-electron chi connectivity index (χ1n) is 16.4. The molecule has 0 saturated heterocycles. The fourth-order valence-corrected chi connectivity index (χ4v) is 6.91. The lowest BCUT2D eigenvalue weighted by Crippen LogP contribution is -2.11. The number of ether oxygens (including phenoxy) is 2. The van der Waals surface area contributed by atoms with Crippen LogP contribution < -0.4 is 9.47 Å². The molecule has 6 rings (SSSR count). The maximum Gasteiger partial charge on any atom is 0.128 e. The summed E-state index contributed by atoms with van der Waals surface area (Å²) in [5.74, 6) is 2.00. The second kappa shape index (κ2) is 13.6. The highest BCUT2D eigenvalue weighted by Crippen LogP contribution is 2.47. The van der Waals surface area contributed by atoms with Crippen LogP contribution in [0, 0.1) is 0 Å². The topological polar surface area (TPSA) is 18.5 Å². The molecule has 0 aromatic heterocycles. The van der Waals surface area contributed by atoms with E-state index >= 15 is 0 Å². The molecule has 2 aliphatic carbocycles. The molecule has 4 aromatic carbocycles. The van der Waals surface area contributed by atoms with Gasteiger partial charge in [0.2, 0.25) is 0 Å². The normalized spacial score (nSPS) is 14.2. The molecule has 0 heterocycles. The molecular formula is C40H46O2. The van der Waals surface area contributed by atoms with Gasteiger partial charge in [-0.1, -0.05) is 87.4 Å². The molecule has 0 atom stereocenters. The largest absolute Gasteiger partial charge is 0.488 e. The Kier molecular flexibility index (Phi) is 9.28. The zero-order chi connectivity index (χ0) is 28.7. The third-order valence-corrected chi connectivity index (χ3v) is 9.15. The maximum atomic E-state index is 6.73. The van der Waals surface area contributed by atoms with Crippen molar-refractivity contribution >= 4 is 0 Å². The van der Waals surface area contributed by atoms with Crippen molar-refractivity contribution in [2.24, 2.45) is 0 Å². The van der Waals surface area contributed by atoms with E-state index in [-0.39, 0.29) is 0 Å². The van der Waals surface area contributed by atoms with Crippen molar-refractivity contribution < 1.29 is 9.47 Å². The Balaban J connectivity index is 1.37. The minimum Gasteiger partial charge on any atom is -0.488 e. The highest BCUT2D eigenvalue weighted by molar-refractivity contribution is 5.83. The van der Waals surface area contributed by atoms with E-state index in [1.165, 1.54) is 94.2 Å². The zero-order valence-electron chi connectivity index (χ0n) is 25.6. The molecule has 0 unspecified atom stereocenters. The fourth-order valence-electron chi connectivity index (χ4n) is 6.91. The summed E-state index contributed by atoms with van der Waals surface area (Å²) in [6.45, 7) is 5.62. The van der Waals surface area contributed by atoms with Crippen LogP contribution in [0.2, 0.25) is 0 Å². The smallest absolute Gasteiger partial charge is 0.128 e. The summed E-state index contributed by atoms with van der Waals surface area (Å²) in [6, 6.07) is 27.1. The van der Waals surface area contributed by atoms with Gasteiger partial charge in [0, 0.05) is 11.1 Å². The van der Waals surface area contributed by atoms with Crippen LogP contribution >= 0.6 is 0 Å². The van der Waals surface area contributed by atoms with Crippen molar-refractivity contribution in [2.45, 2.75) is 104 Å². The molecule has 0 saturated carbocycles. The minimum atomic E-state index is 0.577. The van der Waals surface area contributed by atoms with Gasteiger partial charge in [-0.15, -0.1) is 0 Å². The van der Waals surface area contributed by atoms with Crippen molar-refractivity contribution in [3.05, 3.63) is 117 Å². The Morgan fingerprint density at radius 3 is 1.24 bits per heavy atom. The van der Waals surface area contributed by atoms with Crippen LogP contribution in [0.5, 0.6) is 11.5 Å². The molecule has 0 N–H and O–H groups in total. The lowest BCUT2D eigenvalue weighted by Gasteiger charge is -2.28. The first kappa shape index (κ1) is 28.6. The first-order chi connectivity index (χ1) is 20.7. The van der Waals surface area contributed by atoms with Crippen molar-refractivity contribution in [3.8, 4) is 22.6 Å². The summed E-state index contributed by atoms with van der Waals surface area (Å²) >= 11 is 0. The molecule has 0 amide bonds. The van der Waals surface area contributed by atoms with E-state index in [2.05, 4.69) is 86.6 Å². The van der Waals surface area contributed by atoms with Gasteiger partial charge in [-0.2, -0.15) is 0 Å². The summed E-state index contributed by atoms with van der Waals surface area (Å²) in [7, 11) is 0. The molecule has 2 aliphatic rings. The predicted octanol–water partition coefficient (Wildman–Crippen LogP) is 10.2. The Labute approximate surface area is 253 Å². The average Bonchev–Trinajstić information content (AvgIpc) is 3.04. The van der Waals surface area contributed by atoms with Gasteiger partial charge in [0.25, 0.3) is 0 Å². The van der Waals surface area contributed by atoms with Crippen LogP contribution in [0.25, 0.3) is 11.1 Å². The summed E-state index contributed by atoms with van der Waals surface area (Å²) < 4.78 is 13.5. The monoisotopic (exact) mass is 558 g/mol. The number of fused-ring (bicyclic) bond motifs is 2. The van der Waals surface area contributed by atoms with Gasteiger partial charge in [-0.3, -0.25) is 0 Å². The summed E-state index contributed by atoms with van der Waals surface area (Å²) in [4.78, 5) is 0. The van der Waals surface area contributed by atoms with Gasteiger partial charge in [-0.25, -0.2) is 0 Å². The number of aryl methyl sites for hydroxylation is 4. The minimum absolute atomic E-state index is 0.577. The van der Waals surface area contributed by atoms with Crippen LogP contribution in [0.1, 0.15) is 96.9 Å². The maximum absolute atomic E-state index is 6.73. The van der Waals surface area contributed by atoms with E-state index in [1.54, 1.807) is 0 Å². The van der Waals surface area contributed by atoms with Crippen molar-refractivity contribution in [1.29, 1.82) is 0 Å². The molecule has 2 nitrogen and oxygen atoms in total. The Morgan fingerprint density at radius 2 is 0.833 bits per heavy atom. The molecule has 4 aromatic rings. The highest BCUT2D eigenvalue weighted by atomic mass is 16.5. The number of benzene rings is 4. The summed E-state index contributed by atoms with van der Waals surface area (Å²) in [5, 5.41) is 0. The molecule has 0 fully saturated rings. The van der Waals surface area contributed by atoms with E-state index in [4.69, 9.17) is 9.47 Å². The van der Waals surface area contributed by atoms with Gasteiger partial charge in [0.15, 0.2) is 0 Å². The number of hydrogen-bond acceptors (Lipinski definition) is 2. The lowest BCUT2D eigenvalue weighted by molar-refractivity contribution is 0.302. The predicted molar refractivity (Wildman–Crippen MR) is 175 cm³/mol. The Hall–Kier alpha value is -3.52. The molecule has 2 heteroatoms. The standard InChI is InChI=1S/C40H46O2/c1-3-9-29-15-19-31(20-16-29)27-41-37-25-23-33-11-5-7-13-35(33)39(37)40-36-14-8-6-12-34(36)24-26-38(40)42-28-32-21-17-30(10-4-2)18-22-32/h15-26H,3-14,27-28H2,1-2H3. The van der Waals surface area contributed by atoms with Crippen molar-refractivity contribution in [3.63, 3.8) is 0 Å². The van der Waals surface area contributed by atoms with Gasteiger partial charge < -0.3 is 9.47 Å². The van der Waals surface area contributed by atoms with E-state index in [0.29, 0.717) is 13.2 Å². The molecule has 218 valence electrons. The van der Waals surface area contributed by atoms with Crippen LogP contribution in [-0.2, 0) is 51.7 Å². The Morgan fingerprint density at radius 1 is 0.452 bits per heavy atom. The number of hydrogen-bond donors (Lipinski definition) is 0. The van der Waals surface area contributed by atoms with Gasteiger partial charge in [0.1, 0.15) is 24.7 Å². The molecule has 0 bridgehead atoms. The molecule has 0 aliphatic heterocycles. The first-order valence-corrected chi connectivity index (χ1v) is 16.4. The molecule has 0 spiro atoms. The zero-order valence-corrected chi connectivity index (χ0v) is 25.6. The van der Waals surface area contributed by atoms with E-state index in [1.807, 2.05) is 0 Å². The van der Waals surface area contributed by atoms with Gasteiger partial charge in [-0.05, 0) is 121 Å². The van der Waals surface area contributed by atoms with Crippen LogP contribution in [0.15, 0.2) is 72.8 Å². The SMILES string of the molecule is CCCc1ccc(COc2ccc3c(c2-c2c(OCc4ccc(CCC)cc4)ccc4c2CCCC4)CCCC3)cc1. The molecule has 0 radical (unpaired) electrons. The van der Waals surface area contributed by atoms with Crippen molar-refractivity contribution in [2.75, 3.05) is 0 Å². The number of rotatable bonds is 11. The van der Waals surface area contributed by atoms with Crippen molar-refractivity contribution in [1.82, 2.24) is 0 Å². The molecule has 42 heavy (non-hydrogen) atoms. The van der Waals surface area contributed by atoms with E-state index < -0.39 is 0 Å². The van der Waals surface area contributed by atoms with E-state index in [9.17, 15) is 0 Å². The van der Waals surface area contributed by atoms with E-state index in [0.717, 1.165) is 50.0 Å². The van der Waals surface area contributed by atoms with Gasteiger partial charge in [0.05, 0.1) is 0 Å². The van der Waals surface area contributed by atoms with Crippen LogP contribution in [0.4, 0.5) is 0 Å². The van der Waals surface area contributed by atoms with Crippen LogP contribution in [-0.4, -0.2) is 0 Å². The summed E-state index contributed by atoms with van der Waals surface area (Å²) in [5.41, 5.74) is 13.7. The summed E-state index contributed by atoms with van der Waals surface area (Å²) in [6.07, 6.45) is 14.1. The van der Waals surface area contributed by atoms with Gasteiger partial charge >= 0.3 is 0 Å². The lowest BCUT2D eigenvalue weighted by atomic mass is 9.80.